The second-order valence-corrected chi connectivity index (χ2v) is 5.17. The Hall–Kier alpha value is -2.01. The minimum Gasteiger partial charge on any atom is -0.494 e. The highest BCUT2D eigenvalue weighted by Gasteiger charge is 2.19. The van der Waals surface area contributed by atoms with E-state index in [4.69, 9.17) is 9.47 Å². The van der Waals surface area contributed by atoms with Gasteiger partial charge in [0.1, 0.15) is 5.75 Å². The number of carbonyl (C=O) groups is 1. The number of hydrogen-bond acceptors (Lipinski definition) is 3. The van der Waals surface area contributed by atoms with Crippen molar-refractivity contribution in [1.29, 1.82) is 0 Å². The van der Waals surface area contributed by atoms with E-state index in [1.807, 2.05) is 37.3 Å². The van der Waals surface area contributed by atoms with E-state index in [1.54, 1.807) is 12.0 Å². The molecule has 0 aromatic heterocycles. The molecule has 0 bridgehead atoms. The Balaban J connectivity index is 2.01. The summed E-state index contributed by atoms with van der Waals surface area (Å²) in [5.41, 5.74) is 1.01. The molecule has 0 spiro atoms. The van der Waals surface area contributed by atoms with E-state index in [-0.39, 0.29) is 12.1 Å². The highest BCUT2D eigenvalue weighted by atomic mass is 16.5. The van der Waals surface area contributed by atoms with Crippen LogP contribution in [0.25, 0.3) is 0 Å². The summed E-state index contributed by atoms with van der Waals surface area (Å²) < 4.78 is 10.7. The summed E-state index contributed by atoms with van der Waals surface area (Å²) in [6.45, 7) is 4.44. The Morgan fingerprint density at radius 1 is 1.32 bits per heavy atom. The van der Waals surface area contributed by atoms with Crippen molar-refractivity contribution in [1.82, 2.24) is 10.2 Å². The molecule has 1 aliphatic rings. The zero-order valence-corrected chi connectivity index (χ0v) is 13.2. The lowest BCUT2D eigenvalue weighted by molar-refractivity contribution is 0.156. The fraction of sp³-hybridized carbons (Fsp3) is 0.471. The number of nitrogens with zero attached hydrogens (tertiary/aromatic N) is 1. The first-order chi connectivity index (χ1) is 10.7. The summed E-state index contributed by atoms with van der Waals surface area (Å²) in [6.07, 6.45) is 5.03. The number of ether oxygens (including phenoxy) is 2. The lowest BCUT2D eigenvalue weighted by atomic mass is 10.1. The van der Waals surface area contributed by atoms with Crippen molar-refractivity contribution < 1.29 is 14.3 Å². The minimum absolute atomic E-state index is 0.0553. The van der Waals surface area contributed by atoms with E-state index in [9.17, 15) is 4.79 Å². The Labute approximate surface area is 131 Å². The molecule has 1 aliphatic heterocycles. The predicted octanol–water partition coefficient (Wildman–Crippen LogP) is 2.74. The zero-order chi connectivity index (χ0) is 15.8. The van der Waals surface area contributed by atoms with Gasteiger partial charge in [-0.15, -0.1) is 0 Å². The summed E-state index contributed by atoms with van der Waals surface area (Å²) in [5.74, 6) is 0.829. The molecule has 0 saturated carbocycles. The molecule has 5 heteroatoms. The topological polar surface area (TPSA) is 50.8 Å². The third-order valence-corrected chi connectivity index (χ3v) is 3.57. The van der Waals surface area contributed by atoms with Gasteiger partial charge in [0, 0.05) is 20.2 Å². The van der Waals surface area contributed by atoms with Gasteiger partial charge in [-0.05, 0) is 31.0 Å². The van der Waals surface area contributed by atoms with Crippen molar-refractivity contribution in [2.24, 2.45) is 0 Å². The first-order valence-electron chi connectivity index (χ1n) is 7.66. The fourth-order valence-electron chi connectivity index (χ4n) is 2.42. The third kappa shape index (κ3) is 4.49. The van der Waals surface area contributed by atoms with Crippen LogP contribution in [0.15, 0.2) is 36.4 Å². The van der Waals surface area contributed by atoms with E-state index in [1.165, 1.54) is 0 Å². The van der Waals surface area contributed by atoms with E-state index < -0.39 is 0 Å². The van der Waals surface area contributed by atoms with Crippen molar-refractivity contribution in [3.63, 3.8) is 0 Å². The van der Waals surface area contributed by atoms with Gasteiger partial charge in [0.15, 0.2) is 0 Å². The monoisotopic (exact) mass is 304 g/mol. The molecule has 1 aromatic rings. The van der Waals surface area contributed by atoms with Crippen LogP contribution in [-0.4, -0.2) is 44.3 Å². The molecule has 120 valence electrons. The summed E-state index contributed by atoms with van der Waals surface area (Å²) in [4.78, 5) is 14.1. The number of carbonyl (C=O) groups excluding carboxylic acids is 1. The molecule has 2 amide bonds. The molecular formula is C17H24N2O3. The maximum atomic E-state index is 12.3. The lowest BCUT2D eigenvalue weighted by Gasteiger charge is -2.27. The van der Waals surface area contributed by atoms with E-state index >= 15 is 0 Å². The molecule has 1 N–H and O–H groups in total. The number of rotatable bonds is 6. The summed E-state index contributed by atoms with van der Waals surface area (Å²) in [7, 11) is 1.64. The summed E-state index contributed by atoms with van der Waals surface area (Å²) >= 11 is 0. The highest BCUT2D eigenvalue weighted by molar-refractivity contribution is 5.75. The third-order valence-electron chi connectivity index (χ3n) is 3.57. The van der Waals surface area contributed by atoms with E-state index in [2.05, 4.69) is 11.4 Å². The molecule has 1 heterocycles. The number of hydrogen-bond donors (Lipinski definition) is 1. The van der Waals surface area contributed by atoms with Crippen LogP contribution in [-0.2, 0) is 4.74 Å². The fourth-order valence-corrected chi connectivity index (χ4v) is 2.42. The Morgan fingerprint density at radius 2 is 2.09 bits per heavy atom. The van der Waals surface area contributed by atoms with Crippen molar-refractivity contribution in [3.05, 3.63) is 42.0 Å². The largest absolute Gasteiger partial charge is 0.494 e. The van der Waals surface area contributed by atoms with Gasteiger partial charge in [-0.1, -0.05) is 24.3 Å². The first-order valence-corrected chi connectivity index (χ1v) is 7.66. The maximum absolute atomic E-state index is 12.3. The lowest BCUT2D eigenvalue weighted by Crippen LogP contribution is -2.44. The van der Waals surface area contributed by atoms with Gasteiger partial charge in [0.05, 0.1) is 19.3 Å². The molecule has 2 rings (SSSR count). The molecule has 5 nitrogen and oxygen atoms in total. The molecule has 0 unspecified atom stereocenters. The van der Waals surface area contributed by atoms with Crippen LogP contribution in [0.3, 0.4) is 0 Å². The van der Waals surface area contributed by atoms with Crippen LogP contribution in [0.5, 0.6) is 5.75 Å². The van der Waals surface area contributed by atoms with E-state index in [0.29, 0.717) is 19.8 Å². The number of methoxy groups -OCH3 is 1. The molecule has 0 radical (unpaired) electrons. The van der Waals surface area contributed by atoms with Gasteiger partial charge >= 0.3 is 6.03 Å². The molecule has 0 fully saturated rings. The minimum atomic E-state index is -0.168. The molecule has 22 heavy (non-hydrogen) atoms. The normalized spacial score (nSPS) is 15.5. The number of nitrogens with one attached hydrogen (secondary N) is 1. The van der Waals surface area contributed by atoms with Crippen molar-refractivity contribution in [2.45, 2.75) is 19.4 Å². The van der Waals surface area contributed by atoms with Gasteiger partial charge in [-0.2, -0.15) is 0 Å². The quantitative estimate of drug-likeness (QED) is 0.822. The molecule has 1 atom stereocenters. The number of benzene rings is 1. The SMILES string of the molecule is CCOc1ccc([C@H](COC)NC(=O)N2CC=CCC2)cc1. The van der Waals surface area contributed by atoms with E-state index in [0.717, 1.165) is 24.3 Å². The molecule has 1 aromatic carbocycles. The highest BCUT2D eigenvalue weighted by Crippen LogP contribution is 2.19. The second kappa shape index (κ2) is 8.44. The van der Waals surface area contributed by atoms with Crippen LogP contribution in [0, 0.1) is 0 Å². The van der Waals surface area contributed by atoms with Crippen molar-refractivity contribution >= 4 is 6.03 Å². The molecule has 0 saturated heterocycles. The average molecular weight is 304 g/mol. The zero-order valence-electron chi connectivity index (χ0n) is 13.2. The van der Waals surface area contributed by atoms with Crippen molar-refractivity contribution in [2.75, 3.05) is 33.4 Å². The summed E-state index contributed by atoms with van der Waals surface area (Å²) in [6, 6.07) is 7.53. The predicted molar refractivity (Wildman–Crippen MR) is 86.1 cm³/mol. The Bertz CT molecular complexity index is 499. The van der Waals surface area contributed by atoms with Crippen molar-refractivity contribution in [3.8, 4) is 5.75 Å². The molecule has 0 aliphatic carbocycles. The Morgan fingerprint density at radius 3 is 2.68 bits per heavy atom. The van der Waals surface area contributed by atoms with Crippen LogP contribution in [0.4, 0.5) is 4.79 Å². The van der Waals surface area contributed by atoms with Gasteiger partial charge in [0.2, 0.25) is 0 Å². The molecular weight excluding hydrogens is 280 g/mol. The average Bonchev–Trinajstić information content (AvgIpc) is 2.56. The number of urea groups is 1. The standard InChI is InChI=1S/C17H24N2O3/c1-3-22-15-9-7-14(8-10-15)16(13-21-2)18-17(20)19-11-5-4-6-12-19/h4-5,7-10,16H,3,6,11-13H2,1-2H3,(H,18,20)/t16-/m0/s1. The smallest absolute Gasteiger partial charge is 0.318 e. The second-order valence-electron chi connectivity index (χ2n) is 5.17. The van der Waals surface area contributed by atoms with Crippen LogP contribution in [0.1, 0.15) is 24.9 Å². The van der Waals surface area contributed by atoms with Crippen LogP contribution >= 0.6 is 0 Å². The van der Waals surface area contributed by atoms with Gasteiger partial charge in [-0.25, -0.2) is 4.79 Å². The van der Waals surface area contributed by atoms with Crippen LogP contribution in [0.2, 0.25) is 0 Å². The number of amides is 2. The van der Waals surface area contributed by atoms with Crippen LogP contribution < -0.4 is 10.1 Å². The maximum Gasteiger partial charge on any atom is 0.318 e. The summed E-state index contributed by atoms with van der Waals surface area (Å²) in [5, 5.41) is 3.04. The first kappa shape index (κ1) is 16.4. The van der Waals surface area contributed by atoms with Gasteiger partial charge < -0.3 is 19.7 Å². The van der Waals surface area contributed by atoms with Gasteiger partial charge in [0.25, 0.3) is 0 Å². The Kier molecular flexibility index (Phi) is 6.27. The van der Waals surface area contributed by atoms with Gasteiger partial charge in [-0.3, -0.25) is 0 Å².